The van der Waals surface area contributed by atoms with Crippen LogP contribution < -0.4 is 5.32 Å². The molecule has 14 heavy (non-hydrogen) atoms. The van der Waals surface area contributed by atoms with Crippen molar-refractivity contribution in [2.24, 2.45) is 0 Å². The summed E-state index contributed by atoms with van der Waals surface area (Å²) in [6, 6.07) is 4.01. The summed E-state index contributed by atoms with van der Waals surface area (Å²) in [7, 11) is 0. The van der Waals surface area contributed by atoms with Gasteiger partial charge in [-0.2, -0.15) is 0 Å². The molecule has 0 fully saturated rings. The van der Waals surface area contributed by atoms with Crippen LogP contribution in [0.15, 0.2) is 35.3 Å². The van der Waals surface area contributed by atoms with Crippen LogP contribution in [0.5, 0.6) is 0 Å². The maximum Gasteiger partial charge on any atom is 0.181 e. The van der Waals surface area contributed by atoms with E-state index >= 15 is 0 Å². The molecule has 68 valence electrons. The molecule has 0 saturated carbocycles. The number of nitrogens with zero attached hydrogens (tertiary/aromatic N) is 1. The molecule has 1 aliphatic heterocycles. The van der Waals surface area contributed by atoms with E-state index in [0.29, 0.717) is 0 Å². The van der Waals surface area contributed by atoms with Crippen molar-refractivity contribution in [2.75, 3.05) is 0 Å². The van der Waals surface area contributed by atoms with Gasteiger partial charge in [-0.15, -0.1) is 0 Å². The van der Waals surface area contributed by atoms with Crippen LogP contribution in [0.1, 0.15) is 11.1 Å². The summed E-state index contributed by atoms with van der Waals surface area (Å²) in [5, 5.41) is 3.03. The molecule has 2 aromatic rings. The maximum atomic E-state index is 5.24. The SMILES string of the molecule is C1=Cc2cc3ncoc3cc2C=CN1. The first-order valence-electron chi connectivity index (χ1n) is 4.40. The number of nitrogens with one attached hydrogen (secondary N) is 1. The monoisotopic (exact) mass is 184 g/mol. The Labute approximate surface area is 80.8 Å². The van der Waals surface area contributed by atoms with Crippen LogP contribution in [0.3, 0.4) is 0 Å². The highest BCUT2D eigenvalue weighted by Crippen LogP contribution is 2.22. The van der Waals surface area contributed by atoms with Crippen molar-refractivity contribution >= 4 is 23.3 Å². The molecule has 1 aromatic heterocycles. The summed E-state index contributed by atoms with van der Waals surface area (Å²) >= 11 is 0. The van der Waals surface area contributed by atoms with E-state index < -0.39 is 0 Å². The fourth-order valence-electron chi connectivity index (χ4n) is 1.56. The molecule has 1 N–H and O–H groups in total. The van der Waals surface area contributed by atoms with Gasteiger partial charge in [0.2, 0.25) is 0 Å². The Balaban J connectivity index is 2.35. The molecule has 0 amide bonds. The average molecular weight is 184 g/mol. The highest BCUT2D eigenvalue weighted by atomic mass is 16.3. The van der Waals surface area contributed by atoms with Crippen molar-refractivity contribution in [2.45, 2.75) is 0 Å². The van der Waals surface area contributed by atoms with Gasteiger partial charge >= 0.3 is 0 Å². The fraction of sp³-hybridized carbons (Fsp3) is 0. The number of benzene rings is 1. The van der Waals surface area contributed by atoms with Crippen LogP contribution in [-0.2, 0) is 0 Å². The minimum Gasteiger partial charge on any atom is -0.443 e. The molecular formula is C11H8N2O. The summed E-state index contributed by atoms with van der Waals surface area (Å²) in [6.45, 7) is 0. The molecule has 0 spiro atoms. The molecule has 2 heterocycles. The molecule has 0 unspecified atom stereocenters. The summed E-state index contributed by atoms with van der Waals surface area (Å²) in [6.07, 6.45) is 9.29. The van der Waals surface area contributed by atoms with Gasteiger partial charge in [-0.05, 0) is 35.4 Å². The minimum absolute atomic E-state index is 0.823. The Morgan fingerprint density at radius 3 is 2.71 bits per heavy atom. The number of oxazole rings is 1. The Kier molecular flexibility index (Phi) is 1.44. The van der Waals surface area contributed by atoms with Gasteiger partial charge in [0.15, 0.2) is 12.0 Å². The third-order valence-corrected chi connectivity index (χ3v) is 2.25. The summed E-state index contributed by atoms with van der Waals surface area (Å²) in [5.74, 6) is 0. The lowest BCUT2D eigenvalue weighted by Gasteiger charge is -1.98. The van der Waals surface area contributed by atoms with E-state index in [9.17, 15) is 0 Å². The van der Waals surface area contributed by atoms with Crippen LogP contribution in [-0.4, -0.2) is 4.98 Å². The van der Waals surface area contributed by atoms with Gasteiger partial charge in [-0.3, -0.25) is 0 Å². The molecule has 1 aliphatic rings. The second kappa shape index (κ2) is 2.73. The molecular weight excluding hydrogens is 176 g/mol. The van der Waals surface area contributed by atoms with Crippen LogP contribution in [0, 0.1) is 0 Å². The molecule has 0 aliphatic carbocycles. The smallest absolute Gasteiger partial charge is 0.181 e. The van der Waals surface area contributed by atoms with Gasteiger partial charge in [0.05, 0.1) is 0 Å². The largest absolute Gasteiger partial charge is 0.443 e. The lowest BCUT2D eigenvalue weighted by molar-refractivity contribution is 0.602. The number of hydrogen-bond donors (Lipinski definition) is 1. The highest BCUT2D eigenvalue weighted by Gasteiger charge is 2.04. The number of hydrogen-bond acceptors (Lipinski definition) is 3. The van der Waals surface area contributed by atoms with Crippen LogP contribution in [0.2, 0.25) is 0 Å². The molecule has 0 radical (unpaired) electrons. The summed E-state index contributed by atoms with van der Waals surface area (Å²) in [4.78, 5) is 4.11. The first kappa shape index (κ1) is 7.38. The molecule has 0 bridgehead atoms. The molecule has 3 rings (SSSR count). The zero-order valence-electron chi connectivity index (χ0n) is 7.40. The van der Waals surface area contributed by atoms with Gasteiger partial charge in [0, 0.05) is 12.4 Å². The van der Waals surface area contributed by atoms with Crippen molar-refractivity contribution in [3.63, 3.8) is 0 Å². The lowest BCUT2D eigenvalue weighted by atomic mass is 10.1. The van der Waals surface area contributed by atoms with Gasteiger partial charge in [0.1, 0.15) is 5.52 Å². The van der Waals surface area contributed by atoms with Crippen molar-refractivity contribution < 1.29 is 4.42 Å². The zero-order valence-corrected chi connectivity index (χ0v) is 7.40. The lowest BCUT2D eigenvalue weighted by Crippen LogP contribution is -1.87. The first-order valence-corrected chi connectivity index (χ1v) is 4.40. The number of fused-ring (bicyclic) bond motifs is 2. The molecule has 0 atom stereocenters. The molecule has 1 aromatic carbocycles. The first-order chi connectivity index (χ1) is 6.93. The van der Waals surface area contributed by atoms with Crippen LogP contribution in [0.4, 0.5) is 0 Å². The zero-order chi connectivity index (χ0) is 9.38. The van der Waals surface area contributed by atoms with E-state index in [1.54, 1.807) is 0 Å². The summed E-state index contributed by atoms with van der Waals surface area (Å²) < 4.78 is 5.24. The average Bonchev–Trinajstić information content (AvgIpc) is 2.51. The summed E-state index contributed by atoms with van der Waals surface area (Å²) in [5.41, 5.74) is 4.00. The van der Waals surface area contributed by atoms with Crippen LogP contribution in [0.25, 0.3) is 23.3 Å². The van der Waals surface area contributed by atoms with E-state index in [2.05, 4.69) is 10.3 Å². The predicted molar refractivity (Wildman–Crippen MR) is 55.2 cm³/mol. The Bertz CT molecular complexity index is 491. The predicted octanol–water partition coefficient (Wildman–Crippen LogP) is 2.37. The van der Waals surface area contributed by atoms with Gasteiger partial charge in [-0.1, -0.05) is 0 Å². The van der Waals surface area contributed by atoms with Crippen LogP contribution >= 0.6 is 0 Å². The van der Waals surface area contributed by atoms with Crippen molar-refractivity contribution in [1.82, 2.24) is 10.3 Å². The van der Waals surface area contributed by atoms with E-state index in [1.165, 1.54) is 6.39 Å². The standard InChI is InChI=1S/C11H8N2O/c1-3-12-4-2-9-6-11-10(5-8(1)9)13-7-14-11/h1-7,12H. The normalized spacial score (nSPS) is 13.7. The Morgan fingerprint density at radius 2 is 1.86 bits per heavy atom. The Morgan fingerprint density at radius 1 is 1.07 bits per heavy atom. The minimum atomic E-state index is 0.823. The molecule has 3 nitrogen and oxygen atoms in total. The highest BCUT2D eigenvalue weighted by molar-refractivity contribution is 5.82. The Hall–Kier alpha value is -2.03. The fourth-order valence-corrected chi connectivity index (χ4v) is 1.56. The van der Waals surface area contributed by atoms with E-state index in [1.807, 2.05) is 36.7 Å². The number of aromatic nitrogens is 1. The van der Waals surface area contributed by atoms with Gasteiger partial charge in [-0.25, -0.2) is 4.98 Å². The number of rotatable bonds is 0. The van der Waals surface area contributed by atoms with Gasteiger partial charge in [0.25, 0.3) is 0 Å². The van der Waals surface area contributed by atoms with Crippen molar-refractivity contribution in [1.29, 1.82) is 0 Å². The molecule has 0 saturated heterocycles. The van der Waals surface area contributed by atoms with E-state index in [-0.39, 0.29) is 0 Å². The van der Waals surface area contributed by atoms with Crippen molar-refractivity contribution in [3.05, 3.63) is 42.1 Å². The molecule has 3 heteroatoms. The van der Waals surface area contributed by atoms with E-state index in [4.69, 9.17) is 4.42 Å². The van der Waals surface area contributed by atoms with Crippen molar-refractivity contribution in [3.8, 4) is 0 Å². The quantitative estimate of drug-likeness (QED) is 0.683. The maximum absolute atomic E-state index is 5.24. The second-order valence-electron chi connectivity index (χ2n) is 3.13. The van der Waals surface area contributed by atoms with Gasteiger partial charge < -0.3 is 9.73 Å². The second-order valence-corrected chi connectivity index (χ2v) is 3.13. The topological polar surface area (TPSA) is 38.1 Å². The third-order valence-electron chi connectivity index (χ3n) is 2.25. The third kappa shape index (κ3) is 1.03. The van der Waals surface area contributed by atoms with E-state index in [0.717, 1.165) is 22.2 Å².